The van der Waals surface area contributed by atoms with Crippen LogP contribution >= 0.6 is 24.0 Å². The van der Waals surface area contributed by atoms with Gasteiger partial charge in [-0.2, -0.15) is 4.31 Å². The van der Waals surface area contributed by atoms with E-state index < -0.39 is 15.4 Å². The van der Waals surface area contributed by atoms with Crippen LogP contribution in [0.5, 0.6) is 0 Å². The zero-order valence-electron chi connectivity index (χ0n) is 16.6. The van der Waals surface area contributed by atoms with E-state index in [0.717, 1.165) is 0 Å². The van der Waals surface area contributed by atoms with Gasteiger partial charge in [0.1, 0.15) is 12.0 Å². The second-order valence-electron chi connectivity index (χ2n) is 7.00. The molecule has 1 aliphatic rings. The van der Waals surface area contributed by atoms with Crippen LogP contribution in [0.2, 0.25) is 0 Å². The third-order valence-corrected chi connectivity index (χ3v) is 6.31. The third-order valence-electron chi connectivity index (χ3n) is 4.50. The fourth-order valence-corrected chi connectivity index (χ4v) is 4.24. The van der Waals surface area contributed by atoms with Crippen molar-refractivity contribution in [1.29, 1.82) is 0 Å². The molecule has 0 aliphatic carbocycles. The Kier molecular flexibility index (Phi) is 9.14. The minimum atomic E-state index is -3.44. The SMILES string of the molecule is CN=C(NCC(C)(C)C(=O)NC)N1CCN(S(=O)(=O)Cc2ccon2)CC1.I. The molecule has 0 saturated carbocycles. The summed E-state index contributed by atoms with van der Waals surface area (Å²) in [5, 5.41) is 9.53. The van der Waals surface area contributed by atoms with E-state index in [0.29, 0.717) is 44.4 Å². The zero-order chi connectivity index (χ0) is 20.1. The number of carbonyl (C=O) groups is 1. The summed E-state index contributed by atoms with van der Waals surface area (Å²) in [7, 11) is -0.163. The second kappa shape index (κ2) is 10.4. The highest BCUT2D eigenvalue weighted by molar-refractivity contribution is 14.0. The average Bonchev–Trinajstić information content (AvgIpc) is 3.14. The number of aromatic nitrogens is 1. The summed E-state index contributed by atoms with van der Waals surface area (Å²) in [6.07, 6.45) is 1.36. The molecule has 2 rings (SSSR count). The molecule has 2 N–H and O–H groups in total. The fraction of sp³-hybridized carbons (Fsp3) is 0.688. The van der Waals surface area contributed by atoms with Crippen LogP contribution in [0.1, 0.15) is 19.5 Å². The Labute approximate surface area is 183 Å². The molecule has 1 amide bonds. The van der Waals surface area contributed by atoms with Gasteiger partial charge in [-0.15, -0.1) is 24.0 Å². The van der Waals surface area contributed by atoms with E-state index in [9.17, 15) is 13.2 Å². The molecule has 0 bridgehead atoms. The largest absolute Gasteiger partial charge is 0.364 e. The van der Waals surface area contributed by atoms with Crippen LogP contribution in [-0.4, -0.2) is 81.5 Å². The molecule has 28 heavy (non-hydrogen) atoms. The van der Waals surface area contributed by atoms with Crippen LogP contribution in [0.25, 0.3) is 0 Å². The van der Waals surface area contributed by atoms with Crippen molar-refractivity contribution in [2.24, 2.45) is 10.4 Å². The molecule has 0 aromatic carbocycles. The number of nitrogens with one attached hydrogen (secondary N) is 2. The first-order valence-electron chi connectivity index (χ1n) is 8.74. The predicted octanol–water partition coefficient (Wildman–Crippen LogP) is 0.0876. The Morgan fingerprint density at radius 1 is 1.32 bits per heavy atom. The van der Waals surface area contributed by atoms with Crippen LogP contribution in [0.15, 0.2) is 21.8 Å². The van der Waals surface area contributed by atoms with Crippen molar-refractivity contribution < 1.29 is 17.7 Å². The minimum absolute atomic E-state index is 0. The number of amides is 1. The highest BCUT2D eigenvalue weighted by Gasteiger charge is 2.31. The van der Waals surface area contributed by atoms with Crippen molar-refractivity contribution in [3.8, 4) is 0 Å². The molecule has 1 aromatic rings. The molecule has 160 valence electrons. The number of hydrogen-bond acceptors (Lipinski definition) is 6. The van der Waals surface area contributed by atoms with Crippen LogP contribution in [0.4, 0.5) is 0 Å². The summed E-state index contributed by atoms with van der Waals surface area (Å²) in [4.78, 5) is 18.2. The Bertz CT molecular complexity index is 758. The molecule has 1 fully saturated rings. The van der Waals surface area contributed by atoms with Gasteiger partial charge in [0.25, 0.3) is 0 Å². The quantitative estimate of drug-likeness (QED) is 0.305. The van der Waals surface area contributed by atoms with Gasteiger partial charge in [0, 0.05) is 52.9 Å². The van der Waals surface area contributed by atoms with Gasteiger partial charge >= 0.3 is 0 Å². The predicted molar refractivity (Wildman–Crippen MR) is 117 cm³/mol. The number of halogens is 1. The second-order valence-corrected chi connectivity index (χ2v) is 8.97. The first-order valence-corrected chi connectivity index (χ1v) is 10.4. The maximum atomic E-state index is 12.5. The van der Waals surface area contributed by atoms with Gasteiger partial charge in [0.05, 0.1) is 11.1 Å². The fourth-order valence-electron chi connectivity index (χ4n) is 2.82. The standard InChI is InChI=1S/C16H28N6O4S.HI/c1-16(2,14(23)17-3)12-19-15(18-4)21-6-8-22(9-7-21)27(24,25)11-13-5-10-26-20-13;/h5,10H,6-9,11-12H2,1-4H3,(H,17,23)(H,18,19);1H. The normalized spacial score (nSPS) is 16.4. The average molecular weight is 528 g/mol. The summed E-state index contributed by atoms with van der Waals surface area (Å²) < 4.78 is 31.2. The van der Waals surface area contributed by atoms with Crippen molar-refractivity contribution in [1.82, 2.24) is 25.0 Å². The molecule has 0 unspecified atom stereocenters. The monoisotopic (exact) mass is 528 g/mol. The minimum Gasteiger partial charge on any atom is -0.364 e. The molecule has 10 nitrogen and oxygen atoms in total. The molecular weight excluding hydrogens is 499 g/mol. The topological polar surface area (TPSA) is 120 Å². The highest BCUT2D eigenvalue weighted by Crippen LogP contribution is 2.15. The van der Waals surface area contributed by atoms with Crippen molar-refractivity contribution >= 4 is 45.9 Å². The van der Waals surface area contributed by atoms with E-state index in [1.54, 1.807) is 20.2 Å². The van der Waals surface area contributed by atoms with Gasteiger partial charge in [0.2, 0.25) is 15.9 Å². The van der Waals surface area contributed by atoms with Gasteiger partial charge in [-0.25, -0.2) is 8.42 Å². The number of hydrogen-bond donors (Lipinski definition) is 2. The van der Waals surface area contributed by atoms with Crippen molar-refractivity contribution in [2.75, 3.05) is 46.8 Å². The summed E-state index contributed by atoms with van der Waals surface area (Å²) >= 11 is 0. The Hall–Kier alpha value is -1.41. The van der Waals surface area contributed by atoms with Crippen molar-refractivity contribution in [2.45, 2.75) is 19.6 Å². The molecule has 0 radical (unpaired) electrons. The number of carbonyl (C=O) groups excluding carboxylic acids is 1. The molecule has 12 heteroatoms. The van der Waals surface area contributed by atoms with Gasteiger partial charge < -0.3 is 20.1 Å². The number of piperazine rings is 1. The zero-order valence-corrected chi connectivity index (χ0v) is 19.8. The molecule has 0 atom stereocenters. The molecular formula is C16H29IN6O4S. The van der Waals surface area contributed by atoms with Crippen LogP contribution in [0, 0.1) is 5.41 Å². The number of sulfonamides is 1. The first-order chi connectivity index (χ1) is 12.7. The molecule has 1 saturated heterocycles. The lowest BCUT2D eigenvalue weighted by atomic mass is 9.92. The van der Waals surface area contributed by atoms with Gasteiger partial charge in [-0.3, -0.25) is 9.79 Å². The maximum Gasteiger partial charge on any atom is 0.227 e. The Morgan fingerprint density at radius 3 is 2.46 bits per heavy atom. The molecule has 1 aliphatic heterocycles. The number of rotatable bonds is 6. The summed E-state index contributed by atoms with van der Waals surface area (Å²) in [5.41, 5.74) is -0.195. The number of guanidine groups is 1. The highest BCUT2D eigenvalue weighted by atomic mass is 127. The van der Waals surface area contributed by atoms with Gasteiger partial charge in [-0.05, 0) is 13.8 Å². The Balaban J connectivity index is 0.00000392. The lowest BCUT2D eigenvalue weighted by Crippen LogP contribution is -2.55. The molecule has 2 heterocycles. The lowest BCUT2D eigenvalue weighted by Gasteiger charge is -2.36. The number of nitrogens with zero attached hydrogens (tertiary/aromatic N) is 4. The molecule has 1 aromatic heterocycles. The van der Waals surface area contributed by atoms with Crippen LogP contribution in [-0.2, 0) is 20.6 Å². The van der Waals surface area contributed by atoms with Crippen LogP contribution < -0.4 is 10.6 Å². The van der Waals surface area contributed by atoms with Gasteiger partial charge in [-0.1, -0.05) is 5.16 Å². The van der Waals surface area contributed by atoms with E-state index in [4.69, 9.17) is 4.52 Å². The van der Waals surface area contributed by atoms with E-state index in [2.05, 4.69) is 20.8 Å². The van der Waals surface area contributed by atoms with E-state index in [1.165, 1.54) is 10.6 Å². The van der Waals surface area contributed by atoms with Gasteiger partial charge in [0.15, 0.2) is 5.96 Å². The molecule has 0 spiro atoms. The Morgan fingerprint density at radius 2 is 1.96 bits per heavy atom. The first kappa shape index (κ1) is 24.6. The van der Waals surface area contributed by atoms with Crippen molar-refractivity contribution in [3.05, 3.63) is 18.0 Å². The summed E-state index contributed by atoms with van der Waals surface area (Å²) in [5.74, 6) is 0.423. The maximum absolute atomic E-state index is 12.5. The lowest BCUT2D eigenvalue weighted by molar-refractivity contribution is -0.128. The number of aliphatic imine (C=N–C) groups is 1. The van der Waals surface area contributed by atoms with Crippen LogP contribution in [0.3, 0.4) is 0 Å². The third kappa shape index (κ3) is 6.30. The smallest absolute Gasteiger partial charge is 0.227 e. The summed E-state index contributed by atoms with van der Waals surface area (Å²) in [6.45, 7) is 5.86. The summed E-state index contributed by atoms with van der Waals surface area (Å²) in [6, 6.07) is 1.55. The van der Waals surface area contributed by atoms with E-state index in [-0.39, 0.29) is 35.6 Å². The van der Waals surface area contributed by atoms with E-state index >= 15 is 0 Å². The van der Waals surface area contributed by atoms with E-state index in [1.807, 2.05) is 18.7 Å². The van der Waals surface area contributed by atoms with Crippen molar-refractivity contribution in [3.63, 3.8) is 0 Å².